The third-order valence-electron chi connectivity index (χ3n) is 3.37. The first-order valence-corrected chi connectivity index (χ1v) is 7.73. The van der Waals surface area contributed by atoms with Crippen LogP contribution in [-0.4, -0.2) is 16.1 Å². The maximum Gasteiger partial charge on any atom is 0.134 e. The first-order valence-electron chi connectivity index (χ1n) is 6.96. The van der Waals surface area contributed by atoms with Crippen molar-refractivity contribution in [2.45, 2.75) is 26.3 Å². The number of rotatable bonds is 5. The fraction of sp³-hybridized carbons (Fsp3) is 0.333. The molecule has 2 heterocycles. The van der Waals surface area contributed by atoms with E-state index < -0.39 is 0 Å². The minimum atomic E-state index is -0.261. The Balaban J connectivity index is 2.06. The van der Waals surface area contributed by atoms with Crippen LogP contribution in [0.1, 0.15) is 36.2 Å². The van der Waals surface area contributed by atoms with Crippen LogP contribution in [0.15, 0.2) is 28.7 Å². The van der Waals surface area contributed by atoms with Crippen LogP contribution in [0.3, 0.4) is 0 Å². The van der Waals surface area contributed by atoms with Crippen molar-refractivity contribution in [1.82, 2.24) is 14.9 Å². The third kappa shape index (κ3) is 2.69. The van der Waals surface area contributed by atoms with Gasteiger partial charge in [-0.05, 0) is 48.8 Å². The molecule has 0 saturated carbocycles. The molecule has 2 aromatic heterocycles. The molecule has 6 heteroatoms. The Morgan fingerprint density at radius 3 is 2.95 bits per heavy atom. The number of fused-ring (bicyclic) bond motifs is 1. The summed E-state index contributed by atoms with van der Waals surface area (Å²) in [5, 5.41) is 8.32. The normalized spacial score (nSPS) is 12.9. The molecule has 0 saturated heterocycles. The molecule has 110 valence electrons. The quantitative estimate of drug-likeness (QED) is 0.781. The largest absolute Gasteiger partial charge is 0.459 e. The van der Waals surface area contributed by atoms with Crippen LogP contribution >= 0.6 is 11.5 Å². The highest BCUT2D eigenvalue weighted by Crippen LogP contribution is 2.31. The average Bonchev–Trinajstić information content (AvgIpc) is 3.10. The lowest BCUT2D eigenvalue weighted by molar-refractivity contribution is 0.478. The molecule has 3 aromatic rings. The summed E-state index contributed by atoms with van der Waals surface area (Å²) in [7, 11) is 0. The van der Waals surface area contributed by atoms with Gasteiger partial charge in [-0.1, -0.05) is 18.3 Å². The van der Waals surface area contributed by atoms with E-state index in [0.29, 0.717) is 5.58 Å². The average molecular weight is 305 g/mol. The SMILES string of the molecule is CCNC(c1cc2cc(F)ccc2o1)c1snnc1CC. The highest BCUT2D eigenvalue weighted by atomic mass is 32.1. The number of aromatic nitrogens is 2. The topological polar surface area (TPSA) is 51.0 Å². The highest BCUT2D eigenvalue weighted by molar-refractivity contribution is 7.05. The van der Waals surface area contributed by atoms with Crippen LogP contribution in [0.2, 0.25) is 0 Å². The summed E-state index contributed by atoms with van der Waals surface area (Å²) in [6, 6.07) is 6.33. The van der Waals surface area contributed by atoms with Crippen LogP contribution in [0.25, 0.3) is 11.0 Å². The molecule has 0 fully saturated rings. The van der Waals surface area contributed by atoms with E-state index in [-0.39, 0.29) is 11.9 Å². The molecular formula is C15H16FN3OS. The number of nitrogens with one attached hydrogen (secondary N) is 1. The molecule has 0 radical (unpaired) electrons. The maximum atomic E-state index is 13.3. The van der Waals surface area contributed by atoms with Crippen LogP contribution in [0.5, 0.6) is 0 Å². The lowest BCUT2D eigenvalue weighted by Crippen LogP contribution is -2.21. The van der Waals surface area contributed by atoms with Gasteiger partial charge in [0.2, 0.25) is 0 Å². The summed E-state index contributed by atoms with van der Waals surface area (Å²) in [5.41, 5.74) is 1.66. The van der Waals surface area contributed by atoms with Crippen molar-refractivity contribution in [3.8, 4) is 0 Å². The van der Waals surface area contributed by atoms with E-state index in [0.717, 1.165) is 34.7 Å². The lowest BCUT2D eigenvalue weighted by atomic mass is 10.1. The van der Waals surface area contributed by atoms with E-state index in [1.165, 1.54) is 23.7 Å². The number of furan rings is 1. The molecule has 0 spiro atoms. The number of halogens is 1. The monoisotopic (exact) mass is 305 g/mol. The smallest absolute Gasteiger partial charge is 0.134 e. The number of nitrogens with zero attached hydrogens (tertiary/aromatic N) is 2. The van der Waals surface area contributed by atoms with Crippen molar-refractivity contribution in [2.24, 2.45) is 0 Å². The zero-order chi connectivity index (χ0) is 14.8. The van der Waals surface area contributed by atoms with Gasteiger partial charge >= 0.3 is 0 Å². The Kier molecular flexibility index (Phi) is 3.98. The second-order valence-corrected chi connectivity index (χ2v) is 5.54. The molecule has 1 N–H and O–H groups in total. The van der Waals surface area contributed by atoms with Gasteiger partial charge in [0, 0.05) is 5.39 Å². The van der Waals surface area contributed by atoms with Gasteiger partial charge in [0.25, 0.3) is 0 Å². The minimum absolute atomic E-state index is 0.0968. The second-order valence-electron chi connectivity index (χ2n) is 4.76. The maximum absolute atomic E-state index is 13.3. The Labute approximate surface area is 126 Å². The van der Waals surface area contributed by atoms with E-state index in [2.05, 4.69) is 21.8 Å². The van der Waals surface area contributed by atoms with Crippen molar-refractivity contribution in [1.29, 1.82) is 0 Å². The van der Waals surface area contributed by atoms with Crippen molar-refractivity contribution >= 4 is 22.5 Å². The summed E-state index contributed by atoms with van der Waals surface area (Å²) in [6.07, 6.45) is 0.822. The molecule has 1 aromatic carbocycles. The number of benzene rings is 1. The Morgan fingerprint density at radius 2 is 2.19 bits per heavy atom. The van der Waals surface area contributed by atoms with Gasteiger partial charge in [0.15, 0.2) is 0 Å². The fourth-order valence-electron chi connectivity index (χ4n) is 2.38. The van der Waals surface area contributed by atoms with Crippen molar-refractivity contribution < 1.29 is 8.81 Å². The Bertz CT molecular complexity index is 752. The van der Waals surface area contributed by atoms with Crippen molar-refractivity contribution in [3.63, 3.8) is 0 Å². The third-order valence-corrected chi connectivity index (χ3v) is 4.20. The Morgan fingerprint density at radius 1 is 1.33 bits per heavy atom. The molecule has 0 amide bonds. The first kappa shape index (κ1) is 14.2. The molecule has 0 aliphatic carbocycles. The second kappa shape index (κ2) is 5.91. The number of aryl methyl sites for hydroxylation is 1. The molecule has 0 bridgehead atoms. The molecule has 0 aliphatic rings. The van der Waals surface area contributed by atoms with Gasteiger partial charge in [-0.15, -0.1) is 5.10 Å². The van der Waals surface area contributed by atoms with Gasteiger partial charge in [0.05, 0.1) is 10.6 Å². The zero-order valence-corrected chi connectivity index (χ0v) is 12.7. The summed E-state index contributed by atoms with van der Waals surface area (Å²) >= 11 is 1.37. The molecule has 0 aliphatic heterocycles. The van der Waals surface area contributed by atoms with E-state index >= 15 is 0 Å². The first-order chi connectivity index (χ1) is 10.2. The number of hydrogen-bond donors (Lipinski definition) is 1. The van der Waals surface area contributed by atoms with Gasteiger partial charge in [-0.25, -0.2) is 4.39 Å². The van der Waals surface area contributed by atoms with Crippen molar-refractivity contribution in [2.75, 3.05) is 6.54 Å². The predicted molar refractivity (Wildman–Crippen MR) is 81.0 cm³/mol. The summed E-state index contributed by atoms with van der Waals surface area (Å²) < 4.78 is 23.2. The molecule has 1 atom stereocenters. The molecule has 21 heavy (non-hydrogen) atoms. The molecule has 1 unspecified atom stereocenters. The van der Waals surface area contributed by atoms with Crippen molar-refractivity contribution in [3.05, 3.63) is 46.4 Å². The van der Waals surface area contributed by atoms with Gasteiger partial charge in [-0.3, -0.25) is 0 Å². The fourth-order valence-corrected chi connectivity index (χ4v) is 3.21. The van der Waals surface area contributed by atoms with Gasteiger partial charge in [0.1, 0.15) is 23.2 Å². The highest BCUT2D eigenvalue weighted by Gasteiger charge is 2.23. The zero-order valence-electron chi connectivity index (χ0n) is 11.9. The lowest BCUT2D eigenvalue weighted by Gasteiger charge is -2.14. The molecule has 3 rings (SSSR count). The van der Waals surface area contributed by atoms with E-state index in [1.54, 1.807) is 6.07 Å². The predicted octanol–water partition coefficient (Wildman–Crippen LogP) is 3.68. The van der Waals surface area contributed by atoms with E-state index in [4.69, 9.17) is 4.42 Å². The van der Waals surface area contributed by atoms with Crippen LogP contribution in [0, 0.1) is 5.82 Å². The van der Waals surface area contributed by atoms with Crippen LogP contribution in [-0.2, 0) is 6.42 Å². The summed E-state index contributed by atoms with van der Waals surface area (Å²) in [5.74, 6) is 0.502. The van der Waals surface area contributed by atoms with Gasteiger partial charge < -0.3 is 9.73 Å². The Hall–Kier alpha value is -1.79. The summed E-state index contributed by atoms with van der Waals surface area (Å²) in [6.45, 7) is 4.88. The van der Waals surface area contributed by atoms with E-state index in [1.807, 2.05) is 13.0 Å². The molecule has 4 nitrogen and oxygen atoms in total. The summed E-state index contributed by atoms with van der Waals surface area (Å²) in [4.78, 5) is 1.05. The number of hydrogen-bond acceptors (Lipinski definition) is 5. The van der Waals surface area contributed by atoms with E-state index in [9.17, 15) is 4.39 Å². The standard InChI is InChI=1S/C15H16FN3OS/c1-3-11-15(21-19-18-11)14(17-4-2)13-8-9-7-10(16)5-6-12(9)20-13/h5-8,14,17H,3-4H2,1-2H3. The molecular weight excluding hydrogens is 289 g/mol. The van der Waals surface area contributed by atoms with Crippen LogP contribution < -0.4 is 5.32 Å². The van der Waals surface area contributed by atoms with Crippen LogP contribution in [0.4, 0.5) is 4.39 Å². The van der Waals surface area contributed by atoms with Gasteiger partial charge in [-0.2, -0.15) is 0 Å². The minimum Gasteiger partial charge on any atom is -0.459 e.